The van der Waals surface area contributed by atoms with Crippen LogP contribution in [-0.2, 0) is 16.1 Å². The normalized spacial score (nSPS) is 27.3. The van der Waals surface area contributed by atoms with Crippen LogP contribution < -0.4 is 10.1 Å². The van der Waals surface area contributed by atoms with Crippen LogP contribution in [0, 0.1) is 17.8 Å². The molecule has 0 radical (unpaired) electrons. The van der Waals surface area contributed by atoms with Gasteiger partial charge in [-0.1, -0.05) is 12.5 Å². The number of methoxy groups -OCH3 is 1. The molecule has 3 atom stereocenters. The van der Waals surface area contributed by atoms with E-state index in [2.05, 4.69) is 10.3 Å². The lowest BCUT2D eigenvalue weighted by molar-refractivity contribution is -0.137. The summed E-state index contributed by atoms with van der Waals surface area (Å²) in [5.41, 5.74) is 0.946. The van der Waals surface area contributed by atoms with Crippen LogP contribution in [0.1, 0.15) is 37.7 Å². The Hall–Kier alpha value is -1.91. The summed E-state index contributed by atoms with van der Waals surface area (Å²) in [5.74, 6) is 1.25. The standard InChI is InChI=1S/C17H22N2O3/c1-22-15-6-5-11(9-18-15)10-19-17(21)14-7-12-3-2-4-13(8-14)16(12)20/h5-6,9,12-14H,2-4,7-8,10H2,1H3,(H,19,21)/t12-,13+,14?. The number of hydrogen-bond donors (Lipinski definition) is 1. The van der Waals surface area contributed by atoms with Gasteiger partial charge in [0.1, 0.15) is 5.78 Å². The van der Waals surface area contributed by atoms with E-state index < -0.39 is 0 Å². The van der Waals surface area contributed by atoms with Gasteiger partial charge in [-0.25, -0.2) is 4.98 Å². The Labute approximate surface area is 130 Å². The number of nitrogens with zero attached hydrogens (tertiary/aromatic N) is 1. The fourth-order valence-corrected chi connectivity index (χ4v) is 3.66. The Bertz CT molecular complexity index is 540. The summed E-state index contributed by atoms with van der Waals surface area (Å²) >= 11 is 0. The summed E-state index contributed by atoms with van der Waals surface area (Å²) in [4.78, 5) is 28.6. The third kappa shape index (κ3) is 3.13. The number of pyridine rings is 1. The molecular formula is C17H22N2O3. The number of carbonyl (C=O) groups is 2. The monoisotopic (exact) mass is 302 g/mol. The van der Waals surface area contributed by atoms with Crippen LogP contribution in [0.5, 0.6) is 5.88 Å². The molecule has 0 aliphatic heterocycles. The number of rotatable bonds is 4. The zero-order valence-corrected chi connectivity index (χ0v) is 12.9. The van der Waals surface area contributed by atoms with E-state index in [0.717, 1.165) is 37.7 Å². The number of nitrogens with one attached hydrogen (secondary N) is 1. The summed E-state index contributed by atoms with van der Waals surface area (Å²) in [5, 5.41) is 2.98. The molecule has 0 saturated heterocycles. The van der Waals surface area contributed by atoms with Crippen LogP contribution in [0.4, 0.5) is 0 Å². The minimum atomic E-state index is -0.0146. The largest absolute Gasteiger partial charge is 0.481 e. The minimum Gasteiger partial charge on any atom is -0.481 e. The molecule has 2 aliphatic carbocycles. The molecule has 2 saturated carbocycles. The molecule has 2 aliphatic rings. The predicted molar refractivity (Wildman–Crippen MR) is 81.2 cm³/mol. The number of amides is 1. The van der Waals surface area contributed by atoms with Gasteiger partial charge in [-0.15, -0.1) is 0 Å². The lowest BCUT2D eigenvalue weighted by atomic mass is 9.67. The van der Waals surface area contributed by atoms with Gasteiger partial charge in [-0.2, -0.15) is 0 Å². The van der Waals surface area contributed by atoms with Gasteiger partial charge in [-0.3, -0.25) is 9.59 Å². The van der Waals surface area contributed by atoms with Crippen molar-refractivity contribution in [2.24, 2.45) is 17.8 Å². The number of aromatic nitrogens is 1. The Morgan fingerprint density at radius 2 is 2.05 bits per heavy atom. The van der Waals surface area contributed by atoms with Crippen molar-refractivity contribution in [1.82, 2.24) is 10.3 Å². The highest BCUT2D eigenvalue weighted by molar-refractivity contribution is 5.88. The number of ether oxygens (including phenoxy) is 1. The molecule has 1 aromatic heterocycles. The van der Waals surface area contributed by atoms with Gasteiger partial charge < -0.3 is 10.1 Å². The van der Waals surface area contributed by atoms with E-state index in [1.54, 1.807) is 19.4 Å². The maximum absolute atomic E-state index is 12.4. The van der Waals surface area contributed by atoms with Gasteiger partial charge in [0.25, 0.3) is 0 Å². The summed E-state index contributed by atoms with van der Waals surface area (Å²) < 4.78 is 5.01. The number of carbonyl (C=O) groups excluding carboxylic acids is 2. The zero-order valence-electron chi connectivity index (χ0n) is 12.9. The van der Waals surface area contributed by atoms with Crippen LogP contribution in [-0.4, -0.2) is 23.8 Å². The maximum Gasteiger partial charge on any atom is 0.223 e. The second kappa shape index (κ2) is 6.46. The molecule has 5 nitrogen and oxygen atoms in total. The number of ketones is 1. The molecule has 5 heteroatoms. The summed E-state index contributed by atoms with van der Waals surface area (Å²) in [6.07, 6.45) is 6.21. The van der Waals surface area contributed by atoms with Crippen molar-refractivity contribution in [3.8, 4) is 5.88 Å². The van der Waals surface area contributed by atoms with E-state index in [4.69, 9.17) is 4.74 Å². The SMILES string of the molecule is COc1ccc(CNC(=O)C2C[C@H]3CCC[C@@H](C2)C3=O)cn1. The highest BCUT2D eigenvalue weighted by Crippen LogP contribution is 2.40. The van der Waals surface area contributed by atoms with Crippen LogP contribution >= 0.6 is 0 Å². The number of Topliss-reactive ketones (excluding diaryl/α,β-unsaturated/α-hetero) is 1. The predicted octanol–water partition coefficient (Wildman–Crippen LogP) is 2.10. The van der Waals surface area contributed by atoms with Gasteiger partial charge in [0.05, 0.1) is 7.11 Å². The highest BCUT2D eigenvalue weighted by atomic mass is 16.5. The second-order valence-electron chi connectivity index (χ2n) is 6.32. The zero-order chi connectivity index (χ0) is 15.5. The third-order valence-electron chi connectivity index (χ3n) is 4.89. The lowest BCUT2D eigenvalue weighted by Crippen LogP contribution is -2.42. The van der Waals surface area contributed by atoms with Crippen molar-refractivity contribution in [2.45, 2.75) is 38.6 Å². The summed E-state index contributed by atoms with van der Waals surface area (Å²) in [6, 6.07) is 3.68. The average Bonchev–Trinajstić information content (AvgIpc) is 2.53. The molecule has 1 heterocycles. The van der Waals surface area contributed by atoms with Crippen molar-refractivity contribution in [3.63, 3.8) is 0 Å². The average molecular weight is 302 g/mol. The van der Waals surface area contributed by atoms with Gasteiger partial charge in [0.2, 0.25) is 11.8 Å². The number of fused-ring (bicyclic) bond motifs is 2. The lowest BCUT2D eigenvalue weighted by Gasteiger charge is -2.36. The van der Waals surface area contributed by atoms with Crippen LogP contribution in [0.25, 0.3) is 0 Å². The molecule has 22 heavy (non-hydrogen) atoms. The fourth-order valence-electron chi connectivity index (χ4n) is 3.66. The Kier molecular flexibility index (Phi) is 4.41. The van der Waals surface area contributed by atoms with Crippen LogP contribution in [0.2, 0.25) is 0 Å². The second-order valence-corrected chi connectivity index (χ2v) is 6.32. The molecule has 0 spiro atoms. The van der Waals surface area contributed by atoms with Gasteiger partial charge >= 0.3 is 0 Å². The molecule has 2 fully saturated rings. The first-order valence-corrected chi connectivity index (χ1v) is 7.97. The molecule has 3 rings (SSSR count). The first-order chi connectivity index (χ1) is 10.7. The first-order valence-electron chi connectivity index (χ1n) is 7.97. The molecule has 0 aromatic carbocycles. The fraction of sp³-hybridized carbons (Fsp3) is 0.588. The van der Waals surface area contributed by atoms with Crippen molar-refractivity contribution in [2.75, 3.05) is 7.11 Å². The summed E-state index contributed by atoms with van der Waals surface area (Å²) in [6.45, 7) is 0.468. The molecule has 2 bridgehead atoms. The smallest absolute Gasteiger partial charge is 0.223 e. The van der Waals surface area contributed by atoms with Crippen LogP contribution in [0.15, 0.2) is 18.3 Å². The minimum absolute atomic E-state index is 0.0146. The van der Waals surface area contributed by atoms with Crippen molar-refractivity contribution >= 4 is 11.7 Å². The van der Waals surface area contributed by atoms with Gasteiger partial charge in [0, 0.05) is 36.6 Å². The number of hydrogen-bond acceptors (Lipinski definition) is 4. The molecule has 1 aromatic rings. The van der Waals surface area contributed by atoms with E-state index in [0.29, 0.717) is 18.2 Å². The van der Waals surface area contributed by atoms with Crippen molar-refractivity contribution < 1.29 is 14.3 Å². The van der Waals surface area contributed by atoms with E-state index in [-0.39, 0.29) is 23.7 Å². The van der Waals surface area contributed by atoms with E-state index in [1.807, 2.05) is 6.07 Å². The van der Waals surface area contributed by atoms with E-state index in [9.17, 15) is 9.59 Å². The topological polar surface area (TPSA) is 68.3 Å². The van der Waals surface area contributed by atoms with Gasteiger partial charge in [0.15, 0.2) is 0 Å². The third-order valence-corrected chi connectivity index (χ3v) is 4.89. The summed E-state index contributed by atoms with van der Waals surface area (Å²) in [7, 11) is 1.57. The highest BCUT2D eigenvalue weighted by Gasteiger charge is 2.41. The van der Waals surface area contributed by atoms with Crippen molar-refractivity contribution in [1.29, 1.82) is 0 Å². The van der Waals surface area contributed by atoms with Crippen molar-refractivity contribution in [3.05, 3.63) is 23.9 Å². The Morgan fingerprint density at radius 3 is 2.64 bits per heavy atom. The molecule has 1 unspecified atom stereocenters. The van der Waals surface area contributed by atoms with Crippen LogP contribution in [0.3, 0.4) is 0 Å². The molecular weight excluding hydrogens is 280 g/mol. The maximum atomic E-state index is 12.4. The molecule has 118 valence electrons. The van der Waals surface area contributed by atoms with E-state index >= 15 is 0 Å². The molecule has 1 N–H and O–H groups in total. The van der Waals surface area contributed by atoms with Gasteiger partial charge in [-0.05, 0) is 31.2 Å². The quantitative estimate of drug-likeness (QED) is 0.925. The Morgan fingerprint density at radius 1 is 1.32 bits per heavy atom. The first kappa shape index (κ1) is 15.0. The Balaban J connectivity index is 1.54. The molecule has 1 amide bonds. The van der Waals surface area contributed by atoms with E-state index in [1.165, 1.54) is 0 Å².